The van der Waals surface area contributed by atoms with Crippen molar-refractivity contribution in [1.29, 1.82) is 0 Å². The minimum Gasteiger partial charge on any atom is -0.0733 e. The molecule has 4 unspecified atom stereocenters. The molecule has 14 heavy (non-hydrogen) atoms. The topological polar surface area (TPSA) is 0 Å². The highest BCUT2D eigenvalue weighted by atomic mass is 14.6. The van der Waals surface area contributed by atoms with Crippen LogP contribution < -0.4 is 0 Å². The molecule has 0 aromatic heterocycles. The summed E-state index contributed by atoms with van der Waals surface area (Å²) in [4.78, 5) is 0. The Morgan fingerprint density at radius 3 is 3.00 bits per heavy atom. The van der Waals surface area contributed by atoms with Gasteiger partial charge >= 0.3 is 0 Å². The Balaban J connectivity index is 1.87. The van der Waals surface area contributed by atoms with Crippen LogP contribution in [-0.2, 0) is 0 Å². The van der Waals surface area contributed by atoms with Crippen LogP contribution in [0, 0.1) is 29.6 Å². The fraction of sp³-hybridized carbons (Fsp3) is 0.714. The SMILES string of the molecule is CC1CCC2=C1C1C=C2C2CC2[C@H]1C. The van der Waals surface area contributed by atoms with Crippen molar-refractivity contribution in [2.45, 2.75) is 33.1 Å². The average molecular weight is 186 g/mol. The molecule has 0 aromatic rings. The molecule has 0 spiro atoms. The maximum absolute atomic E-state index is 2.64. The second-order valence-corrected chi connectivity index (χ2v) is 5.89. The molecule has 4 rings (SSSR count). The van der Waals surface area contributed by atoms with E-state index in [2.05, 4.69) is 19.9 Å². The number of hydrogen-bond donors (Lipinski definition) is 0. The van der Waals surface area contributed by atoms with Crippen LogP contribution in [0.5, 0.6) is 0 Å². The molecule has 0 amide bonds. The van der Waals surface area contributed by atoms with Crippen LogP contribution in [0.1, 0.15) is 33.1 Å². The van der Waals surface area contributed by atoms with Gasteiger partial charge in [0.05, 0.1) is 0 Å². The average Bonchev–Trinajstić information content (AvgIpc) is 2.78. The Kier molecular flexibility index (Phi) is 1.20. The van der Waals surface area contributed by atoms with Crippen LogP contribution in [0.4, 0.5) is 0 Å². The molecule has 0 heteroatoms. The fourth-order valence-corrected chi connectivity index (χ4v) is 4.38. The van der Waals surface area contributed by atoms with Crippen molar-refractivity contribution in [1.82, 2.24) is 0 Å². The predicted molar refractivity (Wildman–Crippen MR) is 57.8 cm³/mol. The smallest absolute Gasteiger partial charge is 0.00199 e. The van der Waals surface area contributed by atoms with Crippen LogP contribution in [-0.4, -0.2) is 0 Å². The fourth-order valence-electron chi connectivity index (χ4n) is 4.38. The van der Waals surface area contributed by atoms with Crippen LogP contribution in [0.2, 0.25) is 0 Å². The van der Waals surface area contributed by atoms with Gasteiger partial charge in [0.15, 0.2) is 0 Å². The molecule has 0 heterocycles. The number of allylic oxidation sites excluding steroid dienone is 4. The van der Waals surface area contributed by atoms with Crippen molar-refractivity contribution in [3.8, 4) is 0 Å². The van der Waals surface area contributed by atoms with Crippen molar-refractivity contribution in [3.63, 3.8) is 0 Å². The highest BCUT2D eigenvalue weighted by Crippen LogP contribution is 2.64. The second-order valence-electron chi connectivity index (χ2n) is 5.89. The summed E-state index contributed by atoms with van der Waals surface area (Å²) in [6.07, 6.45) is 6.98. The molecule has 74 valence electrons. The minimum absolute atomic E-state index is 0.862. The molecular formula is C14H18. The van der Waals surface area contributed by atoms with Gasteiger partial charge in [-0.1, -0.05) is 25.5 Å². The van der Waals surface area contributed by atoms with Crippen molar-refractivity contribution < 1.29 is 0 Å². The maximum Gasteiger partial charge on any atom is 0.00199 e. The van der Waals surface area contributed by atoms with Crippen molar-refractivity contribution >= 4 is 0 Å². The first kappa shape index (κ1) is 7.73. The maximum atomic E-state index is 2.64. The highest BCUT2D eigenvalue weighted by molar-refractivity contribution is 5.54. The Bertz CT molecular complexity index is 371. The third kappa shape index (κ3) is 0.699. The van der Waals surface area contributed by atoms with E-state index >= 15 is 0 Å². The van der Waals surface area contributed by atoms with Crippen LogP contribution in [0.15, 0.2) is 22.8 Å². The molecule has 0 aliphatic heterocycles. The summed E-state index contributed by atoms with van der Waals surface area (Å²) in [6.45, 7) is 4.93. The molecule has 4 aliphatic carbocycles. The van der Waals surface area contributed by atoms with Gasteiger partial charge in [-0.25, -0.2) is 0 Å². The lowest BCUT2D eigenvalue weighted by Crippen LogP contribution is -2.17. The summed E-state index contributed by atoms with van der Waals surface area (Å²) in [5.74, 6) is 4.78. The van der Waals surface area contributed by atoms with E-state index in [1.54, 1.807) is 5.57 Å². The molecule has 0 radical (unpaired) electrons. The van der Waals surface area contributed by atoms with Gasteiger partial charge in [0.25, 0.3) is 0 Å². The zero-order chi connectivity index (χ0) is 9.45. The van der Waals surface area contributed by atoms with Gasteiger partial charge in [0, 0.05) is 5.92 Å². The summed E-state index contributed by atoms with van der Waals surface area (Å²) < 4.78 is 0. The summed E-state index contributed by atoms with van der Waals surface area (Å²) in [7, 11) is 0. The predicted octanol–water partition coefficient (Wildman–Crippen LogP) is 3.55. The summed E-state index contributed by atoms with van der Waals surface area (Å²) in [5, 5.41) is 0. The lowest BCUT2D eigenvalue weighted by molar-refractivity contribution is 0.380. The summed E-state index contributed by atoms with van der Waals surface area (Å²) in [6, 6.07) is 0. The van der Waals surface area contributed by atoms with E-state index in [-0.39, 0.29) is 0 Å². The van der Waals surface area contributed by atoms with E-state index in [0.29, 0.717) is 0 Å². The largest absolute Gasteiger partial charge is 0.0733 e. The van der Waals surface area contributed by atoms with E-state index in [1.165, 1.54) is 19.3 Å². The van der Waals surface area contributed by atoms with Crippen LogP contribution >= 0.6 is 0 Å². The Labute approximate surface area is 86.1 Å². The van der Waals surface area contributed by atoms with E-state index < -0.39 is 0 Å². The second kappa shape index (κ2) is 2.18. The van der Waals surface area contributed by atoms with Gasteiger partial charge in [-0.3, -0.25) is 0 Å². The van der Waals surface area contributed by atoms with E-state index in [4.69, 9.17) is 0 Å². The molecule has 0 aromatic carbocycles. The Morgan fingerprint density at radius 1 is 1.29 bits per heavy atom. The lowest BCUT2D eigenvalue weighted by Gasteiger charge is -2.25. The first-order valence-corrected chi connectivity index (χ1v) is 6.22. The third-order valence-electron chi connectivity index (χ3n) is 5.25. The van der Waals surface area contributed by atoms with Crippen molar-refractivity contribution in [2.24, 2.45) is 29.6 Å². The van der Waals surface area contributed by atoms with E-state index in [9.17, 15) is 0 Å². The van der Waals surface area contributed by atoms with Crippen molar-refractivity contribution in [2.75, 3.05) is 0 Å². The number of rotatable bonds is 0. The van der Waals surface area contributed by atoms with Crippen LogP contribution in [0.25, 0.3) is 0 Å². The van der Waals surface area contributed by atoms with Gasteiger partial charge in [0.2, 0.25) is 0 Å². The molecular weight excluding hydrogens is 168 g/mol. The Morgan fingerprint density at radius 2 is 2.14 bits per heavy atom. The van der Waals surface area contributed by atoms with Gasteiger partial charge < -0.3 is 0 Å². The van der Waals surface area contributed by atoms with Crippen LogP contribution in [0.3, 0.4) is 0 Å². The minimum atomic E-state index is 0.862. The monoisotopic (exact) mass is 186 g/mol. The van der Waals surface area contributed by atoms with Gasteiger partial charge in [-0.15, -0.1) is 0 Å². The molecule has 0 saturated heterocycles. The molecule has 5 atom stereocenters. The normalized spacial score (nSPS) is 53.0. The molecule has 4 aliphatic rings. The summed E-state index contributed by atoms with van der Waals surface area (Å²) >= 11 is 0. The first-order chi connectivity index (χ1) is 6.77. The van der Waals surface area contributed by atoms with Gasteiger partial charge in [-0.05, 0) is 54.1 Å². The summed E-state index contributed by atoms with van der Waals surface area (Å²) in [5.41, 5.74) is 5.48. The zero-order valence-electron chi connectivity index (χ0n) is 9.09. The molecule has 0 N–H and O–H groups in total. The molecule has 0 nitrogen and oxygen atoms in total. The molecule has 1 saturated carbocycles. The number of fused-ring (bicyclic) bond motifs is 5. The quantitative estimate of drug-likeness (QED) is 0.542. The van der Waals surface area contributed by atoms with Gasteiger partial charge in [0.1, 0.15) is 0 Å². The first-order valence-electron chi connectivity index (χ1n) is 6.22. The highest BCUT2D eigenvalue weighted by Gasteiger charge is 2.54. The molecule has 2 bridgehead atoms. The van der Waals surface area contributed by atoms with E-state index in [1.807, 2.05) is 11.1 Å². The molecule has 1 fully saturated rings. The third-order valence-corrected chi connectivity index (χ3v) is 5.25. The lowest BCUT2D eigenvalue weighted by atomic mass is 9.79. The zero-order valence-corrected chi connectivity index (χ0v) is 9.09. The van der Waals surface area contributed by atoms with Gasteiger partial charge in [-0.2, -0.15) is 0 Å². The standard InChI is InChI=1S/C14H18/c1-7-3-4-9-12-6-11(14(7)9)8(2)10-5-13(10)12/h6-8,10-11,13H,3-5H2,1-2H3/t7?,8-,10?,11?,13?/m1/s1. The van der Waals surface area contributed by atoms with E-state index in [0.717, 1.165) is 29.6 Å². The van der Waals surface area contributed by atoms with Crippen molar-refractivity contribution in [3.05, 3.63) is 22.8 Å². The number of hydrogen-bond acceptors (Lipinski definition) is 0. The Hall–Kier alpha value is -0.520.